The first-order valence-corrected chi connectivity index (χ1v) is 11.9. The highest BCUT2D eigenvalue weighted by molar-refractivity contribution is 7.11. The Kier molecular flexibility index (Phi) is 6.21. The summed E-state index contributed by atoms with van der Waals surface area (Å²) in [4.78, 5) is 10.9. The van der Waals surface area contributed by atoms with Gasteiger partial charge in [0.05, 0.1) is 41.6 Å². The summed E-state index contributed by atoms with van der Waals surface area (Å²) in [7, 11) is 0. The molecule has 2 fully saturated rings. The molecule has 2 aliphatic heterocycles. The van der Waals surface area contributed by atoms with Crippen molar-refractivity contribution in [2.24, 2.45) is 0 Å². The highest BCUT2D eigenvalue weighted by atomic mass is 35.5. The van der Waals surface area contributed by atoms with Gasteiger partial charge < -0.3 is 15.2 Å². The fourth-order valence-corrected chi connectivity index (χ4v) is 5.65. The van der Waals surface area contributed by atoms with Crippen molar-refractivity contribution in [2.45, 2.75) is 37.6 Å². The van der Waals surface area contributed by atoms with Gasteiger partial charge in [0.1, 0.15) is 11.2 Å². The topological polar surface area (TPSA) is 83.4 Å². The number of hydrogen-bond acceptors (Lipinski definition) is 8. The van der Waals surface area contributed by atoms with Gasteiger partial charge >= 0.3 is 0 Å². The van der Waals surface area contributed by atoms with Gasteiger partial charge in [0, 0.05) is 29.1 Å². The first-order chi connectivity index (χ1) is 15.4. The molecule has 1 unspecified atom stereocenters. The molecule has 0 bridgehead atoms. The van der Waals surface area contributed by atoms with Crippen molar-refractivity contribution in [3.8, 4) is 0 Å². The maximum atomic E-state index is 15.3. The molecule has 0 radical (unpaired) electrons. The summed E-state index contributed by atoms with van der Waals surface area (Å²) >= 11 is 14.0. The molecule has 2 aromatic heterocycles. The highest BCUT2D eigenvalue weighted by Gasteiger charge is 2.39. The summed E-state index contributed by atoms with van der Waals surface area (Å²) in [6.07, 6.45) is 0.604. The summed E-state index contributed by atoms with van der Waals surface area (Å²) in [5, 5.41) is 15.7. The van der Waals surface area contributed by atoms with E-state index in [4.69, 9.17) is 27.9 Å². The minimum Gasteiger partial charge on any atom is -0.389 e. The van der Waals surface area contributed by atoms with Crippen LogP contribution >= 0.6 is 34.7 Å². The van der Waals surface area contributed by atoms with E-state index in [0.29, 0.717) is 52.7 Å². The first-order valence-electron chi connectivity index (χ1n) is 10.4. The standard InChI is InChI=1S/C21H22Cl2FN5O2S/c1-10-19(23)20(32-28-10)27-21-25-6-11-4-14(22)13(5-16(11)26-21)12-2-3-29(7-15(12)24)17-8-31-9-18(17)30/h4-6,12,15,17-18,30H,2-3,7-9H2,1H3,(H,25,26,27)/t12-,15+,17?,18+/m0/s1. The van der Waals surface area contributed by atoms with Crippen molar-refractivity contribution in [3.63, 3.8) is 0 Å². The molecule has 0 amide bonds. The number of fused-ring (bicyclic) bond motifs is 1. The van der Waals surface area contributed by atoms with E-state index in [1.807, 2.05) is 17.9 Å². The third-order valence-corrected chi connectivity index (χ3v) is 7.93. The van der Waals surface area contributed by atoms with Crippen molar-refractivity contribution in [2.75, 3.05) is 31.6 Å². The Hall–Kier alpha value is -1.62. The fourth-order valence-electron chi connectivity index (χ4n) is 4.41. The Balaban J connectivity index is 1.39. The van der Waals surface area contributed by atoms with Gasteiger partial charge in [0.25, 0.3) is 0 Å². The number of aliphatic hydroxyl groups is 1. The van der Waals surface area contributed by atoms with Gasteiger partial charge in [-0.2, -0.15) is 4.37 Å². The minimum atomic E-state index is -1.11. The minimum absolute atomic E-state index is 0.148. The zero-order valence-corrected chi connectivity index (χ0v) is 19.6. The van der Waals surface area contributed by atoms with Crippen molar-refractivity contribution in [3.05, 3.63) is 39.6 Å². The van der Waals surface area contributed by atoms with Gasteiger partial charge in [-0.05, 0) is 49.1 Å². The number of hydrogen-bond donors (Lipinski definition) is 2. The third kappa shape index (κ3) is 4.18. The van der Waals surface area contributed by atoms with E-state index in [9.17, 15) is 5.11 Å². The number of rotatable bonds is 4. The number of nitrogens with one attached hydrogen (secondary N) is 1. The van der Waals surface area contributed by atoms with Crippen LogP contribution in [0.4, 0.5) is 15.3 Å². The molecule has 1 aromatic carbocycles. The normalized spacial score (nSPS) is 26.7. The lowest BCUT2D eigenvalue weighted by Gasteiger charge is -2.39. The van der Waals surface area contributed by atoms with E-state index in [-0.39, 0.29) is 18.5 Å². The molecule has 0 spiro atoms. The molecule has 32 heavy (non-hydrogen) atoms. The SMILES string of the molecule is Cc1nsc(Nc2ncc3cc(Cl)c([C@@H]4CCN(C5COC[C@H]5O)C[C@H]4F)cc3n2)c1Cl. The monoisotopic (exact) mass is 497 g/mol. The van der Waals surface area contributed by atoms with Gasteiger partial charge in [0.2, 0.25) is 5.95 Å². The van der Waals surface area contributed by atoms with Crippen LogP contribution in [0, 0.1) is 6.92 Å². The molecule has 7 nitrogen and oxygen atoms in total. The van der Waals surface area contributed by atoms with E-state index in [2.05, 4.69) is 19.7 Å². The molecular weight excluding hydrogens is 476 g/mol. The van der Waals surface area contributed by atoms with Crippen LogP contribution in [0.3, 0.4) is 0 Å². The van der Waals surface area contributed by atoms with Crippen LogP contribution in [0.5, 0.6) is 0 Å². The summed E-state index contributed by atoms with van der Waals surface area (Å²) < 4.78 is 24.8. The number of piperidine rings is 1. The van der Waals surface area contributed by atoms with Gasteiger partial charge in [-0.15, -0.1) is 0 Å². The molecular formula is C21H22Cl2FN5O2S. The van der Waals surface area contributed by atoms with Crippen LogP contribution < -0.4 is 5.32 Å². The van der Waals surface area contributed by atoms with Crippen LogP contribution in [0.25, 0.3) is 10.9 Å². The van der Waals surface area contributed by atoms with Crippen LogP contribution in [-0.4, -0.2) is 69.0 Å². The molecule has 4 heterocycles. The summed E-state index contributed by atoms with van der Waals surface area (Å²) in [6.45, 7) is 3.48. The van der Waals surface area contributed by atoms with Crippen LogP contribution in [0.1, 0.15) is 23.6 Å². The predicted octanol–water partition coefficient (Wildman–Crippen LogP) is 4.33. The number of alkyl halides is 1. The first kappa shape index (κ1) is 22.2. The molecule has 0 aliphatic carbocycles. The van der Waals surface area contributed by atoms with Gasteiger partial charge in [-0.3, -0.25) is 4.90 Å². The van der Waals surface area contributed by atoms with E-state index in [1.165, 1.54) is 11.5 Å². The largest absolute Gasteiger partial charge is 0.389 e. The highest BCUT2D eigenvalue weighted by Crippen LogP contribution is 2.38. The molecule has 2 aliphatic rings. The van der Waals surface area contributed by atoms with Crippen molar-refractivity contribution < 1.29 is 14.2 Å². The van der Waals surface area contributed by atoms with Crippen LogP contribution in [0.2, 0.25) is 10.0 Å². The van der Waals surface area contributed by atoms with Gasteiger partial charge in [-0.25, -0.2) is 14.4 Å². The van der Waals surface area contributed by atoms with Gasteiger partial charge in [-0.1, -0.05) is 23.2 Å². The Bertz CT molecular complexity index is 1150. The number of likely N-dealkylation sites (tertiary alicyclic amines) is 1. The number of halogens is 3. The zero-order chi connectivity index (χ0) is 22.4. The fraction of sp³-hybridized carbons (Fsp3) is 0.476. The lowest BCUT2D eigenvalue weighted by atomic mass is 9.86. The number of benzene rings is 1. The Morgan fingerprint density at radius 2 is 2.16 bits per heavy atom. The second-order valence-corrected chi connectivity index (χ2v) is 9.80. The summed E-state index contributed by atoms with van der Waals surface area (Å²) in [5.74, 6) is 0.0470. The molecule has 2 N–H and O–H groups in total. The Morgan fingerprint density at radius 3 is 2.84 bits per heavy atom. The van der Waals surface area contributed by atoms with Crippen molar-refractivity contribution in [1.29, 1.82) is 0 Å². The van der Waals surface area contributed by atoms with E-state index in [1.54, 1.807) is 12.3 Å². The number of nitrogens with zero attached hydrogens (tertiary/aromatic N) is 4. The number of aryl methyl sites for hydroxylation is 1. The summed E-state index contributed by atoms with van der Waals surface area (Å²) in [5.41, 5.74) is 2.16. The quantitative estimate of drug-likeness (QED) is 0.554. The third-order valence-electron chi connectivity index (χ3n) is 6.18. The number of anilines is 2. The second-order valence-electron chi connectivity index (χ2n) is 8.24. The van der Waals surface area contributed by atoms with Crippen LogP contribution in [0.15, 0.2) is 18.3 Å². The molecule has 0 saturated carbocycles. The molecule has 4 atom stereocenters. The van der Waals surface area contributed by atoms with Crippen molar-refractivity contribution in [1.82, 2.24) is 19.2 Å². The maximum Gasteiger partial charge on any atom is 0.228 e. The molecule has 3 aromatic rings. The maximum absolute atomic E-state index is 15.3. The number of ether oxygens (including phenoxy) is 1. The smallest absolute Gasteiger partial charge is 0.228 e. The lowest BCUT2D eigenvalue weighted by Crippen LogP contribution is -2.50. The van der Waals surface area contributed by atoms with E-state index >= 15 is 4.39 Å². The molecule has 2 saturated heterocycles. The summed E-state index contributed by atoms with van der Waals surface area (Å²) in [6, 6.07) is 3.49. The molecule has 11 heteroatoms. The average molecular weight is 498 g/mol. The predicted molar refractivity (Wildman–Crippen MR) is 124 cm³/mol. The van der Waals surface area contributed by atoms with E-state index < -0.39 is 12.3 Å². The van der Waals surface area contributed by atoms with Crippen molar-refractivity contribution >= 4 is 56.6 Å². The average Bonchev–Trinajstić information content (AvgIpc) is 3.34. The van der Waals surface area contributed by atoms with Gasteiger partial charge in [0.15, 0.2) is 0 Å². The zero-order valence-electron chi connectivity index (χ0n) is 17.3. The van der Waals surface area contributed by atoms with E-state index in [0.717, 1.165) is 16.6 Å². The Labute approximate surface area is 198 Å². The molecule has 170 valence electrons. The lowest BCUT2D eigenvalue weighted by molar-refractivity contribution is 0.0353. The number of aliphatic hydroxyl groups excluding tert-OH is 1. The number of aromatic nitrogens is 3. The van der Waals surface area contributed by atoms with Crippen LogP contribution in [-0.2, 0) is 4.74 Å². The Morgan fingerprint density at radius 1 is 1.31 bits per heavy atom. The second kappa shape index (κ2) is 8.96. The molecule has 5 rings (SSSR count).